The molecule has 0 saturated carbocycles. The van der Waals surface area contributed by atoms with Gasteiger partial charge in [-0.15, -0.1) is 11.3 Å². The first-order chi connectivity index (χ1) is 16.5. The molecular formula is C19H11F14N3S. The van der Waals surface area contributed by atoms with Crippen LogP contribution in [0.2, 0.25) is 0 Å². The zero-order valence-electron chi connectivity index (χ0n) is 17.4. The lowest BCUT2D eigenvalue weighted by atomic mass is 9.93. The Morgan fingerprint density at radius 2 is 1.43 bits per heavy atom. The highest BCUT2D eigenvalue weighted by atomic mass is 32.1. The SMILES string of the molecule is N=C(C=C(N)C(F)(F)F)c1cc(-c2sccc2CC(F)(F)C(F)(F)C(F)(F)C(F)(F)C(F)(F)F)ccn1. The normalized spacial score (nSPS) is 14.7. The van der Waals surface area contributed by atoms with E-state index in [0.717, 1.165) is 23.7 Å². The van der Waals surface area contributed by atoms with Gasteiger partial charge in [-0.25, -0.2) is 0 Å². The van der Waals surface area contributed by atoms with Crippen molar-refractivity contribution >= 4 is 17.0 Å². The Morgan fingerprint density at radius 1 is 0.865 bits per heavy atom. The molecule has 2 heterocycles. The minimum atomic E-state index is -7.55. The van der Waals surface area contributed by atoms with Crippen molar-refractivity contribution in [3.8, 4) is 10.4 Å². The van der Waals surface area contributed by atoms with Crippen LogP contribution in [0.15, 0.2) is 41.5 Å². The van der Waals surface area contributed by atoms with Gasteiger partial charge in [0.2, 0.25) is 0 Å². The minimum absolute atomic E-state index is 0.152. The Kier molecular flexibility index (Phi) is 7.72. The molecule has 0 aliphatic carbocycles. The van der Waals surface area contributed by atoms with Crippen LogP contribution in [0.3, 0.4) is 0 Å². The lowest BCUT2D eigenvalue weighted by molar-refractivity contribution is -0.421. The third-order valence-electron chi connectivity index (χ3n) is 4.69. The molecule has 0 aliphatic rings. The summed E-state index contributed by atoms with van der Waals surface area (Å²) in [5.41, 5.74) is 0.444. The van der Waals surface area contributed by atoms with Crippen molar-refractivity contribution < 1.29 is 61.5 Å². The number of nitrogens with one attached hydrogen (secondary N) is 1. The van der Waals surface area contributed by atoms with Gasteiger partial charge in [0.15, 0.2) is 0 Å². The quantitative estimate of drug-likeness (QED) is 0.256. The van der Waals surface area contributed by atoms with E-state index in [1.807, 2.05) is 0 Å². The molecule has 0 bridgehead atoms. The van der Waals surface area contributed by atoms with E-state index in [-0.39, 0.29) is 11.6 Å². The van der Waals surface area contributed by atoms with Crippen molar-refractivity contribution in [3.05, 3.63) is 52.8 Å². The van der Waals surface area contributed by atoms with Crippen molar-refractivity contribution in [3.63, 3.8) is 0 Å². The Bertz CT molecular complexity index is 1180. The fourth-order valence-corrected chi connectivity index (χ4v) is 3.64. The van der Waals surface area contributed by atoms with Gasteiger partial charge in [0, 0.05) is 17.5 Å². The number of pyridine rings is 1. The van der Waals surface area contributed by atoms with Gasteiger partial charge in [-0.1, -0.05) is 0 Å². The van der Waals surface area contributed by atoms with E-state index in [0.29, 0.717) is 17.4 Å². The summed E-state index contributed by atoms with van der Waals surface area (Å²) in [6, 6.07) is 2.48. The number of hydrogen-bond acceptors (Lipinski definition) is 4. The van der Waals surface area contributed by atoms with Gasteiger partial charge in [-0.05, 0) is 40.8 Å². The van der Waals surface area contributed by atoms with Gasteiger partial charge >= 0.3 is 36.0 Å². The third kappa shape index (κ3) is 5.52. The minimum Gasteiger partial charge on any atom is -0.395 e. The van der Waals surface area contributed by atoms with E-state index in [4.69, 9.17) is 11.1 Å². The highest BCUT2D eigenvalue weighted by Crippen LogP contribution is 2.58. The van der Waals surface area contributed by atoms with Gasteiger partial charge in [0.1, 0.15) is 5.70 Å². The molecule has 0 saturated heterocycles. The predicted molar refractivity (Wildman–Crippen MR) is 102 cm³/mol. The lowest BCUT2D eigenvalue weighted by Crippen LogP contribution is -2.66. The van der Waals surface area contributed by atoms with E-state index in [2.05, 4.69) is 4.98 Å². The monoisotopic (exact) mass is 579 g/mol. The van der Waals surface area contributed by atoms with Gasteiger partial charge in [-0.2, -0.15) is 61.5 Å². The molecule has 2 aromatic heterocycles. The summed E-state index contributed by atoms with van der Waals surface area (Å²) in [6.45, 7) is 0. The number of hydrogen-bond donors (Lipinski definition) is 2. The zero-order valence-corrected chi connectivity index (χ0v) is 18.2. The van der Waals surface area contributed by atoms with Gasteiger partial charge in [0.25, 0.3) is 0 Å². The van der Waals surface area contributed by atoms with Crippen LogP contribution in [0.25, 0.3) is 10.4 Å². The van der Waals surface area contributed by atoms with Crippen LogP contribution in [-0.4, -0.2) is 46.7 Å². The van der Waals surface area contributed by atoms with Crippen LogP contribution < -0.4 is 5.73 Å². The van der Waals surface area contributed by atoms with E-state index in [1.165, 1.54) is 0 Å². The van der Waals surface area contributed by atoms with Crippen molar-refractivity contribution in [1.29, 1.82) is 5.41 Å². The fraction of sp³-hybridized carbons (Fsp3) is 0.368. The summed E-state index contributed by atoms with van der Waals surface area (Å²) in [5, 5.41) is 8.59. The van der Waals surface area contributed by atoms with Crippen molar-refractivity contribution in [1.82, 2.24) is 4.98 Å². The second kappa shape index (κ2) is 9.43. The molecule has 2 aromatic rings. The maximum atomic E-state index is 14.2. The Hall–Kier alpha value is -2.92. The molecule has 0 amide bonds. The van der Waals surface area contributed by atoms with Crippen LogP contribution in [0.1, 0.15) is 11.3 Å². The smallest absolute Gasteiger partial charge is 0.395 e. The first-order valence-corrected chi connectivity index (χ1v) is 10.1. The number of aromatic nitrogens is 1. The summed E-state index contributed by atoms with van der Waals surface area (Å²) in [7, 11) is 0. The average Bonchev–Trinajstić information content (AvgIpc) is 3.19. The van der Waals surface area contributed by atoms with Gasteiger partial charge < -0.3 is 5.73 Å². The first kappa shape index (κ1) is 30.3. The molecule has 0 atom stereocenters. The molecule has 0 aromatic carbocycles. The predicted octanol–water partition coefficient (Wildman–Crippen LogP) is 7.23. The topological polar surface area (TPSA) is 62.8 Å². The van der Waals surface area contributed by atoms with Crippen LogP contribution in [0, 0.1) is 5.41 Å². The molecule has 0 spiro atoms. The maximum Gasteiger partial charge on any atom is 0.460 e. The second-order valence-electron chi connectivity index (χ2n) is 7.32. The number of halogens is 14. The van der Waals surface area contributed by atoms with Crippen molar-refractivity contribution in [2.75, 3.05) is 0 Å². The molecule has 0 radical (unpaired) electrons. The summed E-state index contributed by atoms with van der Waals surface area (Å²) in [6.07, 6.45) is -13.7. The van der Waals surface area contributed by atoms with E-state index < -0.39 is 70.0 Å². The van der Waals surface area contributed by atoms with Crippen LogP contribution in [-0.2, 0) is 6.42 Å². The summed E-state index contributed by atoms with van der Waals surface area (Å²) in [4.78, 5) is 3.14. The molecule has 0 fully saturated rings. The number of thiophene rings is 1. The number of nitrogens with two attached hydrogens (primary N) is 1. The second-order valence-corrected chi connectivity index (χ2v) is 8.23. The standard InChI is InChI=1S/C19H11F14N3S/c20-14(21,16(25,26)17(27,28)18(29,30)19(31,32)33)7-9-2-4-37-13(9)8-1-3-36-11(5-8)10(34)6-12(35)15(22,23)24/h1-6,34H,7,35H2. The van der Waals surface area contributed by atoms with E-state index in [9.17, 15) is 61.5 Å². The number of alkyl halides is 14. The maximum absolute atomic E-state index is 14.2. The highest BCUT2D eigenvalue weighted by molar-refractivity contribution is 7.13. The van der Waals surface area contributed by atoms with Crippen molar-refractivity contribution in [2.45, 2.75) is 42.5 Å². The molecule has 0 unspecified atom stereocenters. The van der Waals surface area contributed by atoms with E-state index >= 15 is 0 Å². The Labute approximate surface area is 201 Å². The van der Waals surface area contributed by atoms with Gasteiger partial charge in [-0.3, -0.25) is 10.4 Å². The summed E-state index contributed by atoms with van der Waals surface area (Å²) >= 11 is 0.498. The van der Waals surface area contributed by atoms with Gasteiger partial charge in [0.05, 0.1) is 11.4 Å². The van der Waals surface area contributed by atoms with Crippen LogP contribution >= 0.6 is 11.3 Å². The van der Waals surface area contributed by atoms with Crippen LogP contribution in [0.4, 0.5) is 61.5 Å². The molecule has 0 aliphatic heterocycles. The summed E-state index contributed by atoms with van der Waals surface area (Å²) < 4.78 is 184. The molecule has 3 N–H and O–H groups in total. The molecular weight excluding hydrogens is 568 g/mol. The average molecular weight is 579 g/mol. The zero-order chi connectivity index (χ0) is 28.8. The molecule has 3 nitrogen and oxygen atoms in total. The molecule has 206 valence electrons. The van der Waals surface area contributed by atoms with E-state index in [1.54, 1.807) is 0 Å². The number of nitrogens with zero attached hydrogens (tertiary/aromatic N) is 1. The Balaban J connectivity index is 2.46. The third-order valence-corrected chi connectivity index (χ3v) is 5.69. The molecule has 18 heteroatoms. The lowest BCUT2D eigenvalue weighted by Gasteiger charge is -2.37. The van der Waals surface area contributed by atoms with Crippen LogP contribution in [0.5, 0.6) is 0 Å². The first-order valence-electron chi connectivity index (χ1n) is 9.21. The molecule has 37 heavy (non-hydrogen) atoms. The number of rotatable bonds is 8. The van der Waals surface area contributed by atoms with Crippen molar-refractivity contribution in [2.24, 2.45) is 5.73 Å². The largest absolute Gasteiger partial charge is 0.460 e. The molecule has 2 rings (SSSR count). The number of allylic oxidation sites excluding steroid dienone is 2. The Morgan fingerprint density at radius 3 is 1.95 bits per heavy atom. The summed E-state index contributed by atoms with van der Waals surface area (Å²) in [5.74, 6) is -28.4. The fourth-order valence-electron chi connectivity index (χ4n) is 2.71. The highest BCUT2D eigenvalue weighted by Gasteiger charge is 2.86.